The fourth-order valence-electron chi connectivity index (χ4n) is 3.56. The first kappa shape index (κ1) is 20.2. The van der Waals surface area contributed by atoms with Gasteiger partial charge in [0.2, 0.25) is 18.5 Å². The van der Waals surface area contributed by atoms with Gasteiger partial charge >= 0.3 is 0 Å². The van der Waals surface area contributed by atoms with E-state index < -0.39 is 17.7 Å². The molecular formula is C23H20N2O6. The van der Waals surface area contributed by atoms with Crippen molar-refractivity contribution in [3.05, 3.63) is 89.1 Å². The van der Waals surface area contributed by atoms with Crippen LogP contribution < -0.4 is 0 Å². The van der Waals surface area contributed by atoms with E-state index in [4.69, 9.17) is 9.47 Å². The quantitative estimate of drug-likeness (QED) is 0.564. The molecule has 3 aromatic rings. The number of pyridine rings is 1. The summed E-state index contributed by atoms with van der Waals surface area (Å²) in [5.74, 6) is -1.40. The van der Waals surface area contributed by atoms with Crippen LogP contribution in [0.25, 0.3) is 0 Å². The highest BCUT2D eigenvalue weighted by Gasteiger charge is 2.31. The number of carbonyl (C=O) groups is 2. The molecule has 0 spiro atoms. The highest BCUT2D eigenvalue weighted by Crippen LogP contribution is 2.38. The summed E-state index contributed by atoms with van der Waals surface area (Å²) < 4.78 is 11.9. The van der Waals surface area contributed by atoms with Crippen molar-refractivity contribution in [3.8, 4) is 11.8 Å². The van der Waals surface area contributed by atoms with E-state index in [9.17, 15) is 19.8 Å². The van der Waals surface area contributed by atoms with Gasteiger partial charge in [0, 0.05) is 24.2 Å². The second kappa shape index (κ2) is 8.35. The van der Waals surface area contributed by atoms with Gasteiger partial charge in [-0.1, -0.05) is 30.3 Å². The lowest BCUT2D eigenvalue weighted by molar-refractivity contribution is 0.0699. The van der Waals surface area contributed by atoms with Crippen LogP contribution >= 0.6 is 0 Å². The fraction of sp³-hybridized carbons (Fsp3) is 0.174. The standard InChI is InChI=1S/C23H20N2O6/c1-14(26)16-8-5-9-24-21(16)22(28)17-11-20(27)25(23(17)29)18(19-12-30-13-31-19)10-15-6-3-2-4-7-15/h2-9,11-12,18,27,29H,10,13H2,1H3. The van der Waals surface area contributed by atoms with Crippen molar-refractivity contribution in [2.45, 2.75) is 19.4 Å². The van der Waals surface area contributed by atoms with Gasteiger partial charge < -0.3 is 19.7 Å². The molecule has 8 heteroatoms. The lowest BCUT2D eigenvalue weighted by Crippen LogP contribution is -2.15. The van der Waals surface area contributed by atoms with Crippen LogP contribution in [0, 0.1) is 0 Å². The molecule has 31 heavy (non-hydrogen) atoms. The van der Waals surface area contributed by atoms with Crippen molar-refractivity contribution in [1.29, 1.82) is 0 Å². The molecule has 2 N–H and O–H groups in total. The van der Waals surface area contributed by atoms with E-state index in [0.29, 0.717) is 12.2 Å². The molecule has 0 aliphatic carbocycles. The number of ketones is 2. The normalized spacial score (nSPS) is 13.8. The Labute approximate surface area is 178 Å². The monoisotopic (exact) mass is 420 g/mol. The largest absolute Gasteiger partial charge is 0.494 e. The predicted octanol–water partition coefficient (Wildman–Crippen LogP) is 3.36. The lowest BCUT2D eigenvalue weighted by Gasteiger charge is -2.20. The van der Waals surface area contributed by atoms with E-state index in [1.807, 2.05) is 30.3 Å². The van der Waals surface area contributed by atoms with Crippen LogP contribution in [0.4, 0.5) is 0 Å². The third-order valence-electron chi connectivity index (χ3n) is 5.04. The molecule has 1 atom stereocenters. The van der Waals surface area contributed by atoms with Crippen LogP contribution in [0.15, 0.2) is 66.7 Å². The number of aromatic nitrogens is 2. The molecule has 1 aromatic carbocycles. The maximum atomic E-state index is 13.1. The Hall–Kier alpha value is -4.07. The summed E-state index contributed by atoms with van der Waals surface area (Å²) in [5, 5.41) is 21.6. The number of rotatable bonds is 7. The molecule has 4 rings (SSSR count). The van der Waals surface area contributed by atoms with E-state index in [0.717, 1.165) is 11.6 Å². The third kappa shape index (κ3) is 3.87. The summed E-state index contributed by atoms with van der Waals surface area (Å²) in [6, 6.07) is 13.0. The number of nitrogens with zero attached hydrogens (tertiary/aromatic N) is 2. The number of hydrogen-bond donors (Lipinski definition) is 2. The van der Waals surface area contributed by atoms with Gasteiger partial charge in [0.1, 0.15) is 18.0 Å². The number of ether oxygens (including phenoxy) is 2. The zero-order chi connectivity index (χ0) is 22.0. The summed E-state index contributed by atoms with van der Waals surface area (Å²) in [4.78, 5) is 29.0. The SMILES string of the molecule is CC(=O)c1cccnc1C(=O)c1cc(O)n(C(Cc2ccccc2)C2=COCO2)c1O. The molecule has 1 unspecified atom stereocenters. The van der Waals surface area contributed by atoms with Gasteiger partial charge in [0.05, 0.1) is 5.56 Å². The Bertz CT molecular complexity index is 1170. The Morgan fingerprint density at radius 1 is 1.13 bits per heavy atom. The number of Topliss-reactive ketones (excluding diaryl/α,β-unsaturated/α-hetero) is 1. The molecular weight excluding hydrogens is 400 g/mol. The van der Waals surface area contributed by atoms with Crippen molar-refractivity contribution in [2.75, 3.05) is 6.79 Å². The molecule has 3 heterocycles. The van der Waals surface area contributed by atoms with Crippen LogP contribution in [0.2, 0.25) is 0 Å². The Morgan fingerprint density at radius 2 is 1.90 bits per heavy atom. The van der Waals surface area contributed by atoms with Gasteiger partial charge in [0.15, 0.2) is 17.4 Å². The molecule has 0 fully saturated rings. The minimum atomic E-state index is -0.673. The van der Waals surface area contributed by atoms with Gasteiger partial charge in [-0.15, -0.1) is 0 Å². The Kier molecular flexibility index (Phi) is 5.44. The maximum absolute atomic E-state index is 13.1. The number of hydrogen-bond acceptors (Lipinski definition) is 7. The smallest absolute Gasteiger partial charge is 0.229 e. The molecule has 0 bridgehead atoms. The molecule has 158 valence electrons. The molecule has 0 saturated heterocycles. The minimum Gasteiger partial charge on any atom is -0.494 e. The molecule has 0 amide bonds. The second-order valence-electron chi connectivity index (χ2n) is 7.05. The highest BCUT2D eigenvalue weighted by atomic mass is 16.7. The molecule has 1 aliphatic heterocycles. The number of carbonyl (C=O) groups excluding carboxylic acids is 2. The summed E-state index contributed by atoms with van der Waals surface area (Å²) in [5.41, 5.74) is 0.793. The summed E-state index contributed by atoms with van der Waals surface area (Å²) in [6.07, 6.45) is 3.17. The van der Waals surface area contributed by atoms with Crippen LogP contribution in [0.3, 0.4) is 0 Å². The van der Waals surface area contributed by atoms with E-state index in [1.165, 1.54) is 30.0 Å². The molecule has 0 saturated carbocycles. The van der Waals surface area contributed by atoms with Crippen molar-refractivity contribution < 1.29 is 29.3 Å². The van der Waals surface area contributed by atoms with E-state index in [1.54, 1.807) is 6.07 Å². The summed E-state index contributed by atoms with van der Waals surface area (Å²) >= 11 is 0. The van der Waals surface area contributed by atoms with Crippen molar-refractivity contribution in [2.24, 2.45) is 0 Å². The van der Waals surface area contributed by atoms with Gasteiger partial charge in [-0.3, -0.25) is 19.1 Å². The van der Waals surface area contributed by atoms with Crippen molar-refractivity contribution in [3.63, 3.8) is 0 Å². The Balaban J connectivity index is 1.77. The fourth-order valence-corrected chi connectivity index (χ4v) is 3.56. The van der Waals surface area contributed by atoms with Crippen LogP contribution in [0.1, 0.15) is 44.9 Å². The zero-order valence-electron chi connectivity index (χ0n) is 16.7. The predicted molar refractivity (Wildman–Crippen MR) is 110 cm³/mol. The van der Waals surface area contributed by atoms with Gasteiger partial charge in [-0.05, 0) is 24.6 Å². The van der Waals surface area contributed by atoms with Crippen LogP contribution in [-0.4, -0.2) is 38.1 Å². The average Bonchev–Trinajstić information content (AvgIpc) is 3.41. The third-order valence-corrected chi connectivity index (χ3v) is 5.04. The van der Waals surface area contributed by atoms with Crippen LogP contribution in [0.5, 0.6) is 11.8 Å². The highest BCUT2D eigenvalue weighted by molar-refractivity contribution is 6.15. The lowest BCUT2D eigenvalue weighted by atomic mass is 10.0. The van der Waals surface area contributed by atoms with Gasteiger partial charge in [0.25, 0.3) is 0 Å². The number of aromatic hydroxyl groups is 2. The first-order valence-corrected chi connectivity index (χ1v) is 9.59. The second-order valence-corrected chi connectivity index (χ2v) is 7.05. The van der Waals surface area contributed by atoms with Gasteiger partial charge in [-0.25, -0.2) is 0 Å². The van der Waals surface area contributed by atoms with Crippen molar-refractivity contribution >= 4 is 11.6 Å². The van der Waals surface area contributed by atoms with E-state index in [-0.39, 0.29) is 35.3 Å². The molecule has 8 nitrogen and oxygen atoms in total. The van der Waals surface area contributed by atoms with E-state index in [2.05, 4.69) is 4.98 Å². The Morgan fingerprint density at radius 3 is 2.58 bits per heavy atom. The number of allylic oxidation sites excluding steroid dienone is 1. The molecule has 2 aromatic heterocycles. The summed E-state index contributed by atoms with van der Waals surface area (Å²) in [7, 11) is 0. The first-order chi connectivity index (χ1) is 15.0. The molecule has 1 aliphatic rings. The molecule has 0 radical (unpaired) electrons. The van der Waals surface area contributed by atoms with Gasteiger partial charge in [-0.2, -0.15) is 0 Å². The topological polar surface area (TPSA) is 111 Å². The average molecular weight is 420 g/mol. The minimum absolute atomic E-state index is 0.0190. The van der Waals surface area contributed by atoms with E-state index >= 15 is 0 Å². The summed E-state index contributed by atoms with van der Waals surface area (Å²) in [6.45, 7) is 1.35. The van der Waals surface area contributed by atoms with Crippen molar-refractivity contribution in [1.82, 2.24) is 9.55 Å². The zero-order valence-corrected chi connectivity index (χ0v) is 16.7. The maximum Gasteiger partial charge on any atom is 0.229 e. The first-order valence-electron chi connectivity index (χ1n) is 9.59. The van der Waals surface area contributed by atoms with Crippen LogP contribution in [-0.2, 0) is 15.9 Å². The number of benzene rings is 1.